The highest BCUT2D eigenvalue weighted by Gasteiger charge is 2.30. The van der Waals surface area contributed by atoms with Crippen LogP contribution in [0, 0.1) is 10.1 Å². The molecule has 0 spiro atoms. The van der Waals surface area contributed by atoms with Crippen LogP contribution in [0.5, 0.6) is 0 Å². The summed E-state index contributed by atoms with van der Waals surface area (Å²) in [5.74, 6) is 5.29. The molecule has 7 heteroatoms. The van der Waals surface area contributed by atoms with Crippen molar-refractivity contribution in [1.82, 2.24) is 0 Å². The van der Waals surface area contributed by atoms with Crippen molar-refractivity contribution in [3.8, 4) is 0 Å². The van der Waals surface area contributed by atoms with E-state index < -0.39 is 4.92 Å². The molecule has 0 aromatic heterocycles. The van der Waals surface area contributed by atoms with Crippen LogP contribution < -0.4 is 16.6 Å². The van der Waals surface area contributed by atoms with Gasteiger partial charge >= 0.3 is 5.69 Å². The van der Waals surface area contributed by atoms with E-state index in [2.05, 4.69) is 10.7 Å². The lowest BCUT2D eigenvalue weighted by Gasteiger charge is -2.24. The molecule has 1 fully saturated rings. The lowest BCUT2D eigenvalue weighted by Crippen LogP contribution is -2.32. The molecule has 0 bridgehead atoms. The van der Waals surface area contributed by atoms with Crippen LogP contribution >= 0.6 is 0 Å². The molecule has 104 valence electrons. The van der Waals surface area contributed by atoms with Gasteiger partial charge in [0.2, 0.25) is 0 Å². The second-order valence-electron chi connectivity index (χ2n) is 4.86. The van der Waals surface area contributed by atoms with Crippen LogP contribution in [-0.4, -0.2) is 23.7 Å². The quantitative estimate of drug-likeness (QED) is 0.427. The molecule has 2 rings (SSSR count). The van der Waals surface area contributed by atoms with Gasteiger partial charge in [-0.15, -0.1) is 0 Å². The largest absolute Gasteiger partial charge is 0.377 e. The number of nitrogens with one attached hydrogen (secondary N) is 2. The van der Waals surface area contributed by atoms with E-state index in [4.69, 9.17) is 10.6 Å². The molecule has 0 aliphatic carbocycles. The molecule has 7 nitrogen and oxygen atoms in total. The summed E-state index contributed by atoms with van der Waals surface area (Å²) >= 11 is 0. The van der Waals surface area contributed by atoms with Crippen LogP contribution in [0.25, 0.3) is 0 Å². The van der Waals surface area contributed by atoms with Crippen molar-refractivity contribution in [3.05, 3.63) is 28.3 Å². The van der Waals surface area contributed by atoms with Gasteiger partial charge < -0.3 is 15.5 Å². The van der Waals surface area contributed by atoms with Gasteiger partial charge in [0.1, 0.15) is 11.4 Å². The van der Waals surface area contributed by atoms with Gasteiger partial charge in [-0.25, -0.2) is 0 Å². The fraction of sp³-hybridized carbons (Fsp3) is 0.500. The van der Waals surface area contributed by atoms with E-state index in [0.29, 0.717) is 12.2 Å². The molecule has 1 heterocycles. The van der Waals surface area contributed by atoms with Crippen LogP contribution in [0.2, 0.25) is 0 Å². The topological polar surface area (TPSA) is 102 Å². The van der Waals surface area contributed by atoms with E-state index in [-0.39, 0.29) is 17.0 Å². The number of nitrogens with two attached hydrogens (primary N) is 1. The molecule has 1 aromatic carbocycles. The molecule has 1 atom stereocenters. The number of para-hydroxylation sites is 1. The number of hydrazine groups is 1. The van der Waals surface area contributed by atoms with Crippen LogP contribution in [0.4, 0.5) is 17.1 Å². The molecule has 1 aromatic rings. The Kier molecular flexibility index (Phi) is 3.87. The Hall–Kier alpha value is -1.86. The molecule has 0 amide bonds. The average Bonchev–Trinajstić information content (AvgIpc) is 2.83. The summed E-state index contributed by atoms with van der Waals surface area (Å²) < 4.78 is 5.65. The minimum Gasteiger partial charge on any atom is -0.377 e. The normalized spacial score (nSPS) is 22.2. The molecule has 0 radical (unpaired) electrons. The number of nitro benzene ring substituents is 1. The average molecular weight is 266 g/mol. The summed E-state index contributed by atoms with van der Waals surface area (Å²) in [7, 11) is 0. The summed E-state index contributed by atoms with van der Waals surface area (Å²) in [6, 6.07) is 4.94. The van der Waals surface area contributed by atoms with Gasteiger partial charge in [0.25, 0.3) is 0 Å². The van der Waals surface area contributed by atoms with Crippen molar-refractivity contribution in [2.75, 3.05) is 23.9 Å². The van der Waals surface area contributed by atoms with E-state index in [0.717, 1.165) is 19.4 Å². The molecule has 1 saturated heterocycles. The van der Waals surface area contributed by atoms with Crippen molar-refractivity contribution in [1.29, 1.82) is 0 Å². The van der Waals surface area contributed by atoms with Crippen LogP contribution in [-0.2, 0) is 4.74 Å². The number of ether oxygens (including phenoxy) is 1. The summed E-state index contributed by atoms with van der Waals surface area (Å²) in [6.07, 6.45) is 1.97. The van der Waals surface area contributed by atoms with Gasteiger partial charge in [0.15, 0.2) is 0 Å². The smallest absolute Gasteiger partial charge is 0.316 e. The molecule has 1 aliphatic heterocycles. The van der Waals surface area contributed by atoms with Gasteiger partial charge in [-0.2, -0.15) is 0 Å². The third-order valence-electron chi connectivity index (χ3n) is 3.33. The number of rotatable bonds is 5. The predicted octanol–water partition coefficient (Wildman–Crippen LogP) is 1.86. The Labute approximate surface area is 111 Å². The van der Waals surface area contributed by atoms with E-state index in [1.54, 1.807) is 18.2 Å². The van der Waals surface area contributed by atoms with Crippen molar-refractivity contribution in [3.63, 3.8) is 0 Å². The highest BCUT2D eigenvalue weighted by atomic mass is 16.6. The van der Waals surface area contributed by atoms with Gasteiger partial charge in [-0.05, 0) is 31.9 Å². The molecule has 1 unspecified atom stereocenters. The summed E-state index contributed by atoms with van der Waals surface area (Å²) in [5, 5.41) is 14.2. The minimum atomic E-state index is -0.449. The Bertz CT molecular complexity index is 472. The molecule has 1 aliphatic rings. The second kappa shape index (κ2) is 5.41. The standard InChI is InChI=1S/C12H18N4O3/c1-12(6-3-7-19-12)8-14-9-4-2-5-10(15-13)11(9)16(17)18/h2,4-5,14-15H,3,6-8,13H2,1H3. The van der Waals surface area contributed by atoms with Crippen molar-refractivity contribution in [2.24, 2.45) is 5.84 Å². The zero-order chi connectivity index (χ0) is 13.9. The Morgan fingerprint density at radius 3 is 2.84 bits per heavy atom. The summed E-state index contributed by atoms with van der Waals surface area (Å²) in [5.41, 5.74) is 2.76. The van der Waals surface area contributed by atoms with Crippen molar-refractivity contribution < 1.29 is 9.66 Å². The van der Waals surface area contributed by atoms with Crippen LogP contribution in [0.1, 0.15) is 19.8 Å². The van der Waals surface area contributed by atoms with Gasteiger partial charge in [0, 0.05) is 13.2 Å². The van der Waals surface area contributed by atoms with E-state index in [1.807, 2.05) is 6.92 Å². The number of hydrogen-bond donors (Lipinski definition) is 3. The zero-order valence-corrected chi connectivity index (χ0v) is 10.8. The maximum Gasteiger partial charge on any atom is 0.316 e. The zero-order valence-electron chi connectivity index (χ0n) is 10.8. The highest BCUT2D eigenvalue weighted by Crippen LogP contribution is 2.33. The first-order valence-corrected chi connectivity index (χ1v) is 6.17. The summed E-state index contributed by atoms with van der Waals surface area (Å²) in [4.78, 5) is 10.7. The third kappa shape index (κ3) is 2.94. The van der Waals surface area contributed by atoms with E-state index in [1.165, 1.54) is 0 Å². The minimum absolute atomic E-state index is 0.0494. The summed E-state index contributed by atoms with van der Waals surface area (Å²) in [6.45, 7) is 3.27. The van der Waals surface area contributed by atoms with Gasteiger partial charge in [-0.3, -0.25) is 16.0 Å². The monoisotopic (exact) mass is 266 g/mol. The van der Waals surface area contributed by atoms with E-state index >= 15 is 0 Å². The second-order valence-corrected chi connectivity index (χ2v) is 4.86. The first kappa shape index (κ1) is 13.6. The highest BCUT2D eigenvalue weighted by molar-refractivity contribution is 5.75. The fourth-order valence-corrected chi connectivity index (χ4v) is 2.26. The molecule has 0 saturated carbocycles. The molecule has 19 heavy (non-hydrogen) atoms. The third-order valence-corrected chi connectivity index (χ3v) is 3.33. The molecular weight excluding hydrogens is 248 g/mol. The predicted molar refractivity (Wildman–Crippen MR) is 73.0 cm³/mol. The van der Waals surface area contributed by atoms with E-state index in [9.17, 15) is 10.1 Å². The Morgan fingerprint density at radius 2 is 2.26 bits per heavy atom. The Morgan fingerprint density at radius 1 is 1.53 bits per heavy atom. The molecule has 4 N–H and O–H groups in total. The Balaban J connectivity index is 2.17. The number of nitrogens with zero attached hydrogens (tertiary/aromatic N) is 1. The maximum absolute atomic E-state index is 11.1. The number of benzene rings is 1. The number of hydrogen-bond acceptors (Lipinski definition) is 6. The maximum atomic E-state index is 11.1. The van der Waals surface area contributed by atoms with Crippen LogP contribution in [0.15, 0.2) is 18.2 Å². The van der Waals surface area contributed by atoms with Crippen molar-refractivity contribution >= 4 is 17.1 Å². The lowest BCUT2D eigenvalue weighted by atomic mass is 10.0. The number of nitro groups is 1. The van der Waals surface area contributed by atoms with Crippen molar-refractivity contribution in [2.45, 2.75) is 25.4 Å². The molecular formula is C12H18N4O3. The van der Waals surface area contributed by atoms with Gasteiger partial charge in [-0.1, -0.05) is 6.07 Å². The number of nitrogen functional groups attached to an aromatic ring is 1. The number of anilines is 2. The first-order chi connectivity index (χ1) is 9.06. The van der Waals surface area contributed by atoms with Gasteiger partial charge in [0.05, 0.1) is 10.5 Å². The SMILES string of the molecule is CC1(CNc2cccc(NN)c2[N+](=O)[O-])CCCO1. The fourth-order valence-electron chi connectivity index (χ4n) is 2.26. The van der Waals surface area contributed by atoms with Crippen LogP contribution in [0.3, 0.4) is 0 Å². The lowest BCUT2D eigenvalue weighted by molar-refractivity contribution is -0.383. The first-order valence-electron chi connectivity index (χ1n) is 6.17.